The topological polar surface area (TPSA) is 92.7 Å². The zero-order valence-corrected chi connectivity index (χ0v) is 15.0. The molecule has 1 aromatic carbocycles. The molecule has 0 spiro atoms. The van der Waals surface area contributed by atoms with Crippen LogP contribution in [0.15, 0.2) is 24.3 Å². The number of aromatic carboxylic acids is 1. The van der Waals surface area contributed by atoms with Crippen LogP contribution in [0.1, 0.15) is 45.0 Å². The summed E-state index contributed by atoms with van der Waals surface area (Å²) in [7, 11) is 0. The van der Waals surface area contributed by atoms with Gasteiger partial charge in [0.15, 0.2) is 12.4 Å². The predicted molar refractivity (Wildman–Crippen MR) is 96.0 cm³/mol. The van der Waals surface area contributed by atoms with Crippen molar-refractivity contribution in [1.29, 1.82) is 0 Å². The molecule has 0 fully saturated rings. The minimum atomic E-state index is -1.06. The normalized spacial score (nSPS) is 10.4. The molecule has 0 atom stereocenters. The molecule has 0 aliphatic rings. The molecule has 1 aromatic heterocycles. The summed E-state index contributed by atoms with van der Waals surface area (Å²) in [5.41, 5.74) is 1.35. The third kappa shape index (κ3) is 4.45. The molecular weight excluding hydrogens is 342 g/mol. The minimum Gasteiger partial charge on any atom is -0.484 e. The first-order chi connectivity index (χ1) is 11.8. The van der Waals surface area contributed by atoms with Crippen LogP contribution in [0.2, 0.25) is 0 Å². The van der Waals surface area contributed by atoms with Crippen molar-refractivity contribution in [2.75, 3.05) is 11.9 Å². The van der Waals surface area contributed by atoms with Crippen molar-refractivity contribution in [3.8, 4) is 5.75 Å². The number of rotatable bonds is 7. The molecular formula is C18H19NO5S. The van der Waals surface area contributed by atoms with Crippen LogP contribution in [0.5, 0.6) is 5.75 Å². The van der Waals surface area contributed by atoms with Crippen LogP contribution in [-0.2, 0) is 11.2 Å². The predicted octanol–water partition coefficient (Wildman–Crippen LogP) is 3.54. The van der Waals surface area contributed by atoms with Gasteiger partial charge in [0.1, 0.15) is 10.8 Å². The molecule has 0 aliphatic heterocycles. The van der Waals surface area contributed by atoms with Crippen LogP contribution in [-0.4, -0.2) is 29.4 Å². The third-order valence-electron chi connectivity index (χ3n) is 3.64. The van der Waals surface area contributed by atoms with Crippen molar-refractivity contribution in [1.82, 2.24) is 0 Å². The Morgan fingerprint density at radius 3 is 2.60 bits per heavy atom. The molecule has 0 aliphatic carbocycles. The van der Waals surface area contributed by atoms with Gasteiger partial charge in [0.2, 0.25) is 0 Å². The number of carbonyl (C=O) groups is 3. The lowest BCUT2D eigenvalue weighted by Crippen LogP contribution is -2.21. The molecule has 1 amide bonds. The number of carboxylic acids is 1. The minimum absolute atomic E-state index is 0.0952. The van der Waals surface area contributed by atoms with Crippen molar-refractivity contribution in [3.63, 3.8) is 0 Å². The average Bonchev–Trinajstić information content (AvgIpc) is 2.88. The number of hydrogen-bond acceptors (Lipinski definition) is 5. The summed E-state index contributed by atoms with van der Waals surface area (Å²) in [4.78, 5) is 35.8. The summed E-state index contributed by atoms with van der Waals surface area (Å²) in [5, 5.41) is 12.3. The highest BCUT2D eigenvalue weighted by atomic mass is 32.1. The average molecular weight is 361 g/mol. The molecule has 1 heterocycles. The Hall–Kier alpha value is -2.67. The second-order valence-electron chi connectivity index (χ2n) is 5.42. The van der Waals surface area contributed by atoms with E-state index in [-0.39, 0.29) is 18.0 Å². The Morgan fingerprint density at radius 2 is 2.00 bits per heavy atom. The van der Waals surface area contributed by atoms with E-state index in [0.717, 1.165) is 10.4 Å². The van der Waals surface area contributed by atoms with E-state index in [2.05, 4.69) is 5.32 Å². The summed E-state index contributed by atoms with van der Waals surface area (Å²) in [6.45, 7) is 4.87. The Morgan fingerprint density at radius 1 is 1.28 bits per heavy atom. The van der Waals surface area contributed by atoms with Crippen molar-refractivity contribution in [3.05, 3.63) is 45.8 Å². The van der Waals surface area contributed by atoms with Crippen molar-refractivity contribution >= 4 is 34.0 Å². The first kappa shape index (κ1) is 18.7. The van der Waals surface area contributed by atoms with Gasteiger partial charge in [-0.3, -0.25) is 9.59 Å². The molecule has 0 saturated carbocycles. The highest BCUT2D eigenvalue weighted by Crippen LogP contribution is 2.33. The second-order valence-corrected chi connectivity index (χ2v) is 6.65. The first-order valence-corrected chi connectivity index (χ1v) is 8.54. The number of ether oxygens (including phenoxy) is 1. The van der Waals surface area contributed by atoms with Gasteiger partial charge in [-0.2, -0.15) is 0 Å². The zero-order chi connectivity index (χ0) is 18.6. The lowest BCUT2D eigenvalue weighted by molar-refractivity contribution is -0.118. The van der Waals surface area contributed by atoms with Gasteiger partial charge in [-0.25, -0.2) is 4.79 Å². The summed E-state index contributed by atoms with van der Waals surface area (Å²) >= 11 is 1.24. The number of anilines is 1. The van der Waals surface area contributed by atoms with Gasteiger partial charge in [-0.1, -0.05) is 19.1 Å². The number of Topliss-reactive ketones (excluding diaryl/α,β-unsaturated/α-hetero) is 1. The van der Waals surface area contributed by atoms with E-state index in [0.29, 0.717) is 22.7 Å². The van der Waals surface area contributed by atoms with Gasteiger partial charge in [-0.05, 0) is 38.0 Å². The van der Waals surface area contributed by atoms with E-state index in [9.17, 15) is 19.5 Å². The van der Waals surface area contributed by atoms with E-state index in [1.807, 2.05) is 13.8 Å². The van der Waals surface area contributed by atoms with Crippen LogP contribution in [0.3, 0.4) is 0 Å². The molecule has 2 N–H and O–H groups in total. The van der Waals surface area contributed by atoms with E-state index in [4.69, 9.17) is 4.74 Å². The van der Waals surface area contributed by atoms with E-state index >= 15 is 0 Å². The largest absolute Gasteiger partial charge is 0.484 e. The standard InChI is InChI=1S/C18H19NO5S/c1-4-14-11(3)25-17(16(14)18(22)23)19-15(21)9-24-13-7-5-6-12(8-13)10(2)20/h5-8H,4,9H2,1-3H3,(H,19,21)(H,22,23). The molecule has 7 heteroatoms. The second kappa shape index (κ2) is 7.94. The number of ketones is 1. The number of benzene rings is 1. The summed E-state index contributed by atoms with van der Waals surface area (Å²) < 4.78 is 5.39. The highest BCUT2D eigenvalue weighted by molar-refractivity contribution is 7.16. The van der Waals surface area contributed by atoms with Gasteiger partial charge < -0.3 is 15.2 Å². The SMILES string of the molecule is CCc1c(C)sc(NC(=O)COc2cccc(C(C)=O)c2)c1C(=O)O. The Bertz CT molecular complexity index is 825. The van der Waals surface area contributed by atoms with Gasteiger partial charge in [0.05, 0.1) is 5.56 Å². The monoisotopic (exact) mass is 361 g/mol. The van der Waals surface area contributed by atoms with Crippen molar-refractivity contribution in [2.45, 2.75) is 27.2 Å². The number of amides is 1. The molecule has 0 unspecified atom stereocenters. The molecule has 2 aromatic rings. The van der Waals surface area contributed by atoms with E-state index in [1.54, 1.807) is 24.3 Å². The fourth-order valence-corrected chi connectivity index (χ4v) is 3.59. The summed E-state index contributed by atoms with van der Waals surface area (Å²) in [5.74, 6) is -1.22. The molecule has 0 radical (unpaired) electrons. The maximum Gasteiger partial charge on any atom is 0.339 e. The maximum absolute atomic E-state index is 12.1. The van der Waals surface area contributed by atoms with Gasteiger partial charge >= 0.3 is 5.97 Å². The smallest absolute Gasteiger partial charge is 0.339 e. The quantitative estimate of drug-likeness (QED) is 0.736. The van der Waals surface area contributed by atoms with Crippen LogP contribution in [0, 0.1) is 6.92 Å². The Balaban J connectivity index is 2.07. The number of nitrogens with one attached hydrogen (secondary N) is 1. The van der Waals surface area contributed by atoms with E-state index < -0.39 is 11.9 Å². The lowest BCUT2D eigenvalue weighted by atomic mass is 10.1. The molecule has 25 heavy (non-hydrogen) atoms. The van der Waals surface area contributed by atoms with Crippen LogP contribution in [0.4, 0.5) is 5.00 Å². The Labute approximate surface area is 149 Å². The van der Waals surface area contributed by atoms with Crippen LogP contribution in [0.25, 0.3) is 0 Å². The number of carboxylic acid groups (broad SMARTS) is 1. The molecule has 0 saturated heterocycles. The fourth-order valence-electron chi connectivity index (χ4n) is 2.44. The molecule has 6 nitrogen and oxygen atoms in total. The van der Waals surface area contributed by atoms with Crippen molar-refractivity contribution in [2.24, 2.45) is 0 Å². The number of carbonyl (C=O) groups excluding carboxylic acids is 2. The number of hydrogen-bond donors (Lipinski definition) is 2. The summed E-state index contributed by atoms with van der Waals surface area (Å²) in [6, 6.07) is 6.54. The van der Waals surface area contributed by atoms with Crippen molar-refractivity contribution < 1.29 is 24.2 Å². The molecule has 132 valence electrons. The lowest BCUT2D eigenvalue weighted by Gasteiger charge is -2.08. The van der Waals surface area contributed by atoms with Gasteiger partial charge in [0.25, 0.3) is 5.91 Å². The zero-order valence-electron chi connectivity index (χ0n) is 14.2. The first-order valence-electron chi connectivity index (χ1n) is 7.72. The maximum atomic E-state index is 12.1. The molecule has 2 rings (SSSR count). The highest BCUT2D eigenvalue weighted by Gasteiger charge is 2.21. The number of thiophene rings is 1. The fraction of sp³-hybridized carbons (Fsp3) is 0.278. The number of aryl methyl sites for hydroxylation is 1. The van der Waals surface area contributed by atoms with Crippen LogP contribution >= 0.6 is 11.3 Å². The van der Waals surface area contributed by atoms with Crippen LogP contribution < -0.4 is 10.1 Å². The van der Waals surface area contributed by atoms with E-state index in [1.165, 1.54) is 18.3 Å². The third-order valence-corrected chi connectivity index (χ3v) is 4.70. The van der Waals surface area contributed by atoms with Gasteiger partial charge in [-0.15, -0.1) is 11.3 Å². The van der Waals surface area contributed by atoms with Gasteiger partial charge in [0, 0.05) is 10.4 Å². The summed E-state index contributed by atoms with van der Waals surface area (Å²) in [6.07, 6.45) is 0.578. The molecule has 0 bridgehead atoms. The Kier molecular flexibility index (Phi) is 5.93.